The lowest BCUT2D eigenvalue weighted by Gasteiger charge is -2.26. The number of hydrogen-bond donors (Lipinski definition) is 2. The maximum absolute atomic E-state index is 13.4. The van der Waals surface area contributed by atoms with E-state index < -0.39 is 71.3 Å². The highest BCUT2D eigenvalue weighted by Gasteiger charge is 2.33. The minimum Gasteiger partial charge on any atom is -0.494 e. The lowest BCUT2D eigenvalue weighted by Crippen LogP contribution is -2.30. The minimum atomic E-state index is -1.47. The summed E-state index contributed by atoms with van der Waals surface area (Å²) in [5.41, 5.74) is -0.259. The standard InChI is InChI=1S/C56H60O20/c1-5-49(58)70-28-10-8-26-68-40-19-16-38(17-20-40)54(64)76-48-25-22-42(34-45(48)56(66)72-31-30-67-7-3)74-53(63)37-14-12-36(13-15-37)52(62)73-41-21-24-47(44(33-41)51(60)61)75-55(65)39-18-23-46(43(32-39)35(4)57)69-27-9-11-29-71-50(59)6-2/h5-6,16-25,32-37,57H,1-2,7-15,26-31H2,3-4H3,(H,60,61). The van der Waals surface area contributed by atoms with Gasteiger partial charge in [0.25, 0.3) is 0 Å². The van der Waals surface area contributed by atoms with Gasteiger partial charge in [0.05, 0.1) is 62.1 Å². The molecule has 0 bridgehead atoms. The van der Waals surface area contributed by atoms with Gasteiger partial charge in [-0.05, 0) is 144 Å². The van der Waals surface area contributed by atoms with Crippen LogP contribution in [0, 0.1) is 11.8 Å². The smallest absolute Gasteiger partial charge is 0.343 e. The fraction of sp³-hybridized carbons (Fsp3) is 0.357. The number of benzene rings is 4. The van der Waals surface area contributed by atoms with E-state index in [4.69, 9.17) is 47.4 Å². The van der Waals surface area contributed by atoms with E-state index in [0.29, 0.717) is 50.4 Å². The van der Waals surface area contributed by atoms with Crippen LogP contribution in [0.15, 0.2) is 104 Å². The SMILES string of the molecule is C=CC(=O)OCCCCOc1ccc(C(=O)Oc2ccc(OC(=O)C3CCC(C(=O)Oc4ccc(OC(=O)c5ccc(OCCCCOC(=O)C=C)c(C(C)O)c5)c(C(=O)O)c4)CC3)cc2C(=O)OCCOCC)cc1. The first-order valence-corrected chi connectivity index (χ1v) is 24.5. The number of hydrogen-bond acceptors (Lipinski definition) is 19. The van der Waals surface area contributed by atoms with E-state index in [1.54, 1.807) is 19.1 Å². The highest BCUT2D eigenvalue weighted by molar-refractivity contribution is 5.98. The van der Waals surface area contributed by atoms with Crippen molar-refractivity contribution in [2.75, 3.05) is 46.2 Å². The van der Waals surface area contributed by atoms with Crippen LogP contribution in [0.2, 0.25) is 0 Å². The molecule has 0 amide bonds. The van der Waals surface area contributed by atoms with Crippen LogP contribution in [0.25, 0.3) is 0 Å². The number of carboxylic acids is 1. The molecule has 0 saturated heterocycles. The summed E-state index contributed by atoms with van der Waals surface area (Å²) in [6.07, 6.45) is 4.23. The number of esters is 7. The minimum absolute atomic E-state index is 0.0104. The predicted octanol–water partition coefficient (Wildman–Crippen LogP) is 8.16. The van der Waals surface area contributed by atoms with E-state index in [2.05, 4.69) is 13.2 Å². The van der Waals surface area contributed by atoms with Crippen molar-refractivity contribution in [1.29, 1.82) is 0 Å². The monoisotopic (exact) mass is 1050 g/mol. The van der Waals surface area contributed by atoms with Crippen LogP contribution in [-0.2, 0) is 38.1 Å². The van der Waals surface area contributed by atoms with Crippen molar-refractivity contribution in [3.8, 4) is 34.5 Å². The summed E-state index contributed by atoms with van der Waals surface area (Å²) < 4.78 is 54.2. The van der Waals surface area contributed by atoms with Gasteiger partial charge in [0.15, 0.2) is 0 Å². The molecule has 0 aromatic heterocycles. The summed E-state index contributed by atoms with van der Waals surface area (Å²) in [5.74, 6) is -7.58. The average Bonchev–Trinajstić information content (AvgIpc) is 3.42. The molecule has 5 rings (SSSR count). The Morgan fingerprint density at radius 2 is 1.01 bits per heavy atom. The fourth-order valence-electron chi connectivity index (χ4n) is 7.41. The second-order valence-electron chi connectivity index (χ2n) is 16.9. The quantitative estimate of drug-likeness (QED) is 0.0171. The average molecular weight is 1050 g/mol. The van der Waals surface area contributed by atoms with Gasteiger partial charge in [0, 0.05) is 24.3 Å². The largest absolute Gasteiger partial charge is 0.494 e. The van der Waals surface area contributed by atoms with Gasteiger partial charge in [-0.2, -0.15) is 0 Å². The second kappa shape index (κ2) is 30.1. The summed E-state index contributed by atoms with van der Waals surface area (Å²) >= 11 is 0. The third-order valence-electron chi connectivity index (χ3n) is 11.5. The first kappa shape index (κ1) is 58.5. The van der Waals surface area contributed by atoms with Crippen molar-refractivity contribution in [3.05, 3.63) is 132 Å². The third kappa shape index (κ3) is 18.2. The Hall–Kier alpha value is -8.36. The van der Waals surface area contributed by atoms with E-state index in [0.717, 1.165) is 18.2 Å². The van der Waals surface area contributed by atoms with Crippen molar-refractivity contribution in [2.45, 2.75) is 71.3 Å². The molecule has 0 heterocycles. The van der Waals surface area contributed by atoms with Crippen LogP contribution < -0.4 is 28.4 Å². The molecule has 2 N–H and O–H groups in total. The first-order chi connectivity index (χ1) is 36.6. The Labute approximate surface area is 438 Å². The van der Waals surface area contributed by atoms with Gasteiger partial charge in [-0.1, -0.05) is 13.2 Å². The van der Waals surface area contributed by atoms with E-state index in [9.17, 15) is 48.6 Å². The zero-order chi connectivity index (χ0) is 55.0. The molecule has 0 spiro atoms. The van der Waals surface area contributed by atoms with Gasteiger partial charge in [0.1, 0.15) is 52.2 Å². The highest BCUT2D eigenvalue weighted by atomic mass is 16.6. The molecule has 20 nitrogen and oxygen atoms in total. The lowest BCUT2D eigenvalue weighted by atomic mass is 9.82. The number of aliphatic hydroxyl groups excluding tert-OH is 1. The van der Waals surface area contributed by atoms with Gasteiger partial charge in [-0.3, -0.25) is 9.59 Å². The van der Waals surface area contributed by atoms with Gasteiger partial charge < -0.3 is 57.6 Å². The molecule has 76 heavy (non-hydrogen) atoms. The Morgan fingerprint density at radius 3 is 1.54 bits per heavy atom. The highest BCUT2D eigenvalue weighted by Crippen LogP contribution is 2.34. The van der Waals surface area contributed by atoms with Crippen molar-refractivity contribution in [2.24, 2.45) is 11.8 Å². The van der Waals surface area contributed by atoms with Gasteiger partial charge in [-0.15, -0.1) is 0 Å². The van der Waals surface area contributed by atoms with Crippen molar-refractivity contribution in [3.63, 3.8) is 0 Å². The molecule has 404 valence electrons. The Morgan fingerprint density at radius 1 is 0.539 bits per heavy atom. The van der Waals surface area contributed by atoms with Crippen molar-refractivity contribution >= 4 is 47.8 Å². The number of aromatic carboxylic acids is 1. The number of aliphatic hydroxyl groups is 1. The molecule has 1 aliphatic rings. The molecule has 1 fully saturated rings. The van der Waals surface area contributed by atoms with Crippen LogP contribution in [-0.4, -0.2) is 104 Å². The van der Waals surface area contributed by atoms with Crippen LogP contribution in [0.1, 0.15) is 118 Å². The number of carbonyl (C=O) groups is 8. The number of carboxylic acid groups (broad SMARTS) is 1. The molecule has 1 aliphatic carbocycles. The normalized spacial score (nSPS) is 14.1. The van der Waals surface area contributed by atoms with Crippen LogP contribution in [0.5, 0.6) is 34.5 Å². The Bertz CT molecular complexity index is 2700. The fourth-order valence-corrected chi connectivity index (χ4v) is 7.41. The maximum Gasteiger partial charge on any atom is 0.343 e. The number of ether oxygens (including phenoxy) is 10. The molecule has 1 saturated carbocycles. The van der Waals surface area contributed by atoms with E-state index >= 15 is 0 Å². The number of unbranched alkanes of at least 4 members (excludes halogenated alkanes) is 2. The molecule has 1 unspecified atom stereocenters. The van der Waals surface area contributed by atoms with Gasteiger partial charge >= 0.3 is 47.8 Å². The summed E-state index contributed by atoms with van der Waals surface area (Å²) in [7, 11) is 0. The Kier molecular flexibility index (Phi) is 23.2. The van der Waals surface area contributed by atoms with E-state index in [1.165, 1.54) is 67.6 Å². The van der Waals surface area contributed by atoms with Crippen LogP contribution >= 0.6 is 0 Å². The van der Waals surface area contributed by atoms with Crippen molar-refractivity contribution in [1.82, 2.24) is 0 Å². The van der Waals surface area contributed by atoms with Crippen molar-refractivity contribution < 1.29 is 95.9 Å². The molecule has 20 heteroatoms. The van der Waals surface area contributed by atoms with E-state index in [1.807, 2.05) is 0 Å². The second-order valence-corrected chi connectivity index (χ2v) is 16.9. The summed E-state index contributed by atoms with van der Waals surface area (Å²) in [6.45, 7) is 11.3. The zero-order valence-electron chi connectivity index (χ0n) is 42.2. The maximum atomic E-state index is 13.4. The molecule has 1 atom stereocenters. The Balaban J connectivity index is 1.14. The van der Waals surface area contributed by atoms with Crippen LogP contribution in [0.4, 0.5) is 0 Å². The van der Waals surface area contributed by atoms with Crippen LogP contribution in [0.3, 0.4) is 0 Å². The predicted molar refractivity (Wildman–Crippen MR) is 269 cm³/mol. The third-order valence-corrected chi connectivity index (χ3v) is 11.5. The summed E-state index contributed by atoms with van der Waals surface area (Å²) in [4.78, 5) is 101. The van der Waals surface area contributed by atoms with Gasteiger partial charge in [0.2, 0.25) is 0 Å². The number of rotatable bonds is 29. The molecular formula is C56H60O20. The molecule has 4 aromatic carbocycles. The zero-order valence-corrected chi connectivity index (χ0v) is 42.2. The van der Waals surface area contributed by atoms with Gasteiger partial charge in [-0.25, -0.2) is 28.8 Å². The lowest BCUT2D eigenvalue weighted by molar-refractivity contribution is -0.145. The molecule has 0 aliphatic heterocycles. The first-order valence-electron chi connectivity index (χ1n) is 24.5. The topological polar surface area (TPSA) is 269 Å². The molecule has 4 aromatic rings. The number of carbonyl (C=O) groups excluding carboxylic acids is 7. The molecule has 0 radical (unpaired) electrons. The molecular weight excluding hydrogens is 993 g/mol. The summed E-state index contributed by atoms with van der Waals surface area (Å²) in [5, 5.41) is 20.4. The summed E-state index contributed by atoms with van der Waals surface area (Å²) in [6, 6.07) is 17.7. The van der Waals surface area contributed by atoms with E-state index in [-0.39, 0.29) is 104 Å².